The molecule has 1 atom stereocenters. The number of halogens is 1. The van der Waals surface area contributed by atoms with Crippen molar-refractivity contribution in [1.29, 1.82) is 0 Å². The van der Waals surface area contributed by atoms with Gasteiger partial charge in [-0.15, -0.1) is 21.5 Å². The van der Waals surface area contributed by atoms with E-state index >= 15 is 0 Å². The summed E-state index contributed by atoms with van der Waals surface area (Å²) in [7, 11) is 3.64. The standard InChI is InChI=1S/C15H19FN4OS/c1-10-18-19-13(22-10)8-9-17-15(21)14(20(2)3)11-4-6-12(16)7-5-11/h4-7,14H,8-9H2,1-3H3,(H,17,21)/t14-/m0/s1. The van der Waals surface area contributed by atoms with Gasteiger partial charge < -0.3 is 5.32 Å². The maximum Gasteiger partial charge on any atom is 0.241 e. The van der Waals surface area contributed by atoms with Crippen molar-refractivity contribution in [1.82, 2.24) is 20.4 Å². The van der Waals surface area contributed by atoms with E-state index in [1.54, 1.807) is 17.0 Å². The number of hydrogen-bond acceptors (Lipinski definition) is 5. The number of rotatable bonds is 6. The zero-order valence-corrected chi connectivity index (χ0v) is 13.7. The predicted molar refractivity (Wildman–Crippen MR) is 84.2 cm³/mol. The number of aryl methyl sites for hydroxylation is 1. The summed E-state index contributed by atoms with van der Waals surface area (Å²) < 4.78 is 13.0. The summed E-state index contributed by atoms with van der Waals surface area (Å²) >= 11 is 1.53. The summed E-state index contributed by atoms with van der Waals surface area (Å²) in [5.74, 6) is -0.425. The number of carbonyl (C=O) groups excluding carboxylic acids is 1. The zero-order chi connectivity index (χ0) is 16.1. The first-order valence-electron chi connectivity index (χ1n) is 6.96. The van der Waals surface area contributed by atoms with Gasteiger partial charge in [0, 0.05) is 13.0 Å². The van der Waals surface area contributed by atoms with Crippen LogP contribution in [0.3, 0.4) is 0 Å². The van der Waals surface area contributed by atoms with Crippen LogP contribution in [0, 0.1) is 12.7 Å². The Kier molecular flexibility index (Phi) is 5.57. The third-order valence-electron chi connectivity index (χ3n) is 3.16. The van der Waals surface area contributed by atoms with Gasteiger partial charge in [0.15, 0.2) is 0 Å². The summed E-state index contributed by atoms with van der Waals surface area (Å²) in [4.78, 5) is 14.2. The van der Waals surface area contributed by atoms with Crippen LogP contribution >= 0.6 is 11.3 Å². The molecule has 118 valence electrons. The largest absolute Gasteiger partial charge is 0.354 e. The SMILES string of the molecule is Cc1nnc(CCNC(=O)[C@H](c2ccc(F)cc2)N(C)C)s1. The first-order valence-corrected chi connectivity index (χ1v) is 7.77. The number of hydrogen-bond donors (Lipinski definition) is 1. The van der Waals surface area contributed by atoms with E-state index in [9.17, 15) is 9.18 Å². The third-order valence-corrected chi connectivity index (χ3v) is 4.05. The van der Waals surface area contributed by atoms with E-state index in [2.05, 4.69) is 15.5 Å². The molecule has 1 amide bonds. The first-order chi connectivity index (χ1) is 10.5. The Labute approximate surface area is 133 Å². The molecule has 7 heteroatoms. The molecule has 22 heavy (non-hydrogen) atoms. The molecule has 0 radical (unpaired) electrons. The maximum absolute atomic E-state index is 13.0. The average molecular weight is 322 g/mol. The summed E-state index contributed by atoms with van der Waals surface area (Å²) in [6, 6.07) is 5.55. The summed E-state index contributed by atoms with van der Waals surface area (Å²) in [6.07, 6.45) is 0.654. The van der Waals surface area contributed by atoms with Crippen LogP contribution < -0.4 is 5.32 Å². The summed E-state index contributed by atoms with van der Waals surface area (Å²) in [5.41, 5.74) is 0.760. The number of nitrogens with zero attached hydrogens (tertiary/aromatic N) is 3. The van der Waals surface area contributed by atoms with Gasteiger partial charge >= 0.3 is 0 Å². The summed E-state index contributed by atoms with van der Waals surface area (Å²) in [6.45, 7) is 2.40. The van der Waals surface area contributed by atoms with Crippen LogP contribution in [0.4, 0.5) is 4.39 Å². The maximum atomic E-state index is 13.0. The molecule has 0 saturated carbocycles. The van der Waals surface area contributed by atoms with Crippen LogP contribution in [-0.2, 0) is 11.2 Å². The minimum Gasteiger partial charge on any atom is -0.354 e. The van der Waals surface area contributed by atoms with Gasteiger partial charge in [0.2, 0.25) is 5.91 Å². The number of benzene rings is 1. The van der Waals surface area contributed by atoms with Crippen molar-refractivity contribution in [2.45, 2.75) is 19.4 Å². The predicted octanol–water partition coefficient (Wildman–Crippen LogP) is 1.95. The lowest BCUT2D eigenvalue weighted by Crippen LogP contribution is -2.37. The Morgan fingerprint density at radius 2 is 2.00 bits per heavy atom. The topological polar surface area (TPSA) is 58.1 Å². The highest BCUT2D eigenvalue weighted by Gasteiger charge is 2.22. The van der Waals surface area contributed by atoms with Crippen molar-refractivity contribution in [2.75, 3.05) is 20.6 Å². The Balaban J connectivity index is 1.96. The van der Waals surface area contributed by atoms with E-state index in [1.807, 2.05) is 21.0 Å². The van der Waals surface area contributed by atoms with Gasteiger partial charge in [-0.25, -0.2) is 4.39 Å². The molecule has 1 heterocycles. The molecule has 0 spiro atoms. The fourth-order valence-electron chi connectivity index (χ4n) is 2.16. The van der Waals surface area contributed by atoms with E-state index in [0.717, 1.165) is 15.6 Å². The first kappa shape index (κ1) is 16.5. The number of likely N-dealkylation sites (N-methyl/N-ethyl adjacent to an activating group) is 1. The van der Waals surface area contributed by atoms with Gasteiger partial charge in [0.25, 0.3) is 0 Å². The van der Waals surface area contributed by atoms with E-state index in [0.29, 0.717) is 13.0 Å². The molecule has 0 saturated heterocycles. The molecule has 5 nitrogen and oxygen atoms in total. The zero-order valence-electron chi connectivity index (χ0n) is 12.8. The average Bonchev–Trinajstić information content (AvgIpc) is 2.86. The van der Waals surface area contributed by atoms with Crippen LogP contribution in [0.25, 0.3) is 0 Å². The molecule has 0 fully saturated rings. The van der Waals surface area contributed by atoms with Crippen molar-refractivity contribution < 1.29 is 9.18 Å². The van der Waals surface area contributed by atoms with Crippen molar-refractivity contribution >= 4 is 17.2 Å². The van der Waals surface area contributed by atoms with E-state index in [1.165, 1.54) is 23.5 Å². The van der Waals surface area contributed by atoms with Gasteiger partial charge in [-0.1, -0.05) is 12.1 Å². The van der Waals surface area contributed by atoms with Crippen LogP contribution in [0.15, 0.2) is 24.3 Å². The number of amides is 1. The Morgan fingerprint density at radius 3 is 2.55 bits per heavy atom. The molecule has 2 rings (SSSR count). The highest BCUT2D eigenvalue weighted by atomic mass is 32.1. The fraction of sp³-hybridized carbons (Fsp3) is 0.400. The smallest absolute Gasteiger partial charge is 0.241 e. The minimum atomic E-state index is -0.447. The molecule has 1 aromatic heterocycles. The summed E-state index contributed by atoms with van der Waals surface area (Å²) in [5, 5.41) is 12.7. The molecule has 0 unspecified atom stereocenters. The molecule has 0 aliphatic heterocycles. The minimum absolute atomic E-state index is 0.113. The van der Waals surface area contributed by atoms with Crippen LogP contribution in [-0.4, -0.2) is 41.6 Å². The Morgan fingerprint density at radius 1 is 1.32 bits per heavy atom. The van der Waals surface area contributed by atoms with E-state index in [-0.39, 0.29) is 11.7 Å². The molecule has 1 N–H and O–H groups in total. The molecular formula is C15H19FN4OS. The molecule has 0 aliphatic carbocycles. The van der Waals surface area contributed by atoms with Crippen molar-refractivity contribution in [2.24, 2.45) is 0 Å². The van der Waals surface area contributed by atoms with E-state index in [4.69, 9.17) is 0 Å². The highest BCUT2D eigenvalue weighted by molar-refractivity contribution is 7.11. The lowest BCUT2D eigenvalue weighted by Gasteiger charge is -2.23. The van der Waals surface area contributed by atoms with Crippen molar-refractivity contribution in [3.63, 3.8) is 0 Å². The van der Waals surface area contributed by atoms with Gasteiger partial charge in [-0.2, -0.15) is 0 Å². The Bertz CT molecular complexity index is 627. The number of aromatic nitrogens is 2. The van der Waals surface area contributed by atoms with Crippen LogP contribution in [0.5, 0.6) is 0 Å². The molecule has 0 bridgehead atoms. The molecule has 1 aromatic carbocycles. The van der Waals surface area contributed by atoms with E-state index < -0.39 is 6.04 Å². The van der Waals surface area contributed by atoms with Gasteiger partial charge in [-0.05, 0) is 38.7 Å². The highest BCUT2D eigenvalue weighted by Crippen LogP contribution is 2.19. The molecular weight excluding hydrogens is 303 g/mol. The van der Waals surface area contributed by atoms with Gasteiger partial charge in [0.05, 0.1) is 0 Å². The molecule has 0 aliphatic rings. The second kappa shape index (κ2) is 7.42. The third kappa shape index (κ3) is 4.32. The van der Waals surface area contributed by atoms with Crippen LogP contribution in [0.2, 0.25) is 0 Å². The van der Waals surface area contributed by atoms with Crippen molar-refractivity contribution in [3.8, 4) is 0 Å². The Hall–Kier alpha value is -1.86. The molecule has 2 aromatic rings. The number of nitrogens with one attached hydrogen (secondary N) is 1. The second-order valence-corrected chi connectivity index (χ2v) is 6.44. The lowest BCUT2D eigenvalue weighted by molar-refractivity contribution is -0.125. The second-order valence-electron chi connectivity index (χ2n) is 5.17. The van der Waals surface area contributed by atoms with Crippen LogP contribution in [0.1, 0.15) is 21.6 Å². The van der Waals surface area contributed by atoms with Gasteiger partial charge in [-0.3, -0.25) is 9.69 Å². The number of carbonyl (C=O) groups is 1. The van der Waals surface area contributed by atoms with Crippen molar-refractivity contribution in [3.05, 3.63) is 45.7 Å². The fourth-order valence-corrected chi connectivity index (χ4v) is 2.87. The lowest BCUT2D eigenvalue weighted by atomic mass is 10.1. The van der Waals surface area contributed by atoms with Gasteiger partial charge in [0.1, 0.15) is 21.9 Å². The normalized spacial score (nSPS) is 12.4. The monoisotopic (exact) mass is 322 g/mol. The quantitative estimate of drug-likeness (QED) is 0.883.